The summed E-state index contributed by atoms with van der Waals surface area (Å²) < 4.78 is 1.52. The lowest BCUT2D eigenvalue weighted by molar-refractivity contribution is -0.116. The third kappa shape index (κ3) is 3.19. The highest BCUT2D eigenvalue weighted by atomic mass is 35.5. The van der Waals surface area contributed by atoms with Gasteiger partial charge < -0.3 is 11.1 Å². The van der Waals surface area contributed by atoms with E-state index in [4.69, 9.17) is 28.9 Å². The van der Waals surface area contributed by atoms with Gasteiger partial charge in [-0.1, -0.05) is 23.2 Å². The molecule has 1 aromatic heterocycles. The van der Waals surface area contributed by atoms with Crippen molar-refractivity contribution in [1.29, 1.82) is 0 Å². The van der Waals surface area contributed by atoms with Gasteiger partial charge in [-0.15, -0.1) is 0 Å². The molecule has 3 N–H and O–H groups in total. The maximum Gasteiger partial charge on any atom is 0.246 e. The van der Waals surface area contributed by atoms with Gasteiger partial charge in [0.15, 0.2) is 0 Å². The van der Waals surface area contributed by atoms with E-state index in [0.29, 0.717) is 21.4 Å². The number of halogens is 2. The van der Waals surface area contributed by atoms with Crippen molar-refractivity contribution in [2.45, 2.75) is 13.5 Å². The van der Waals surface area contributed by atoms with Gasteiger partial charge in [-0.25, -0.2) is 0 Å². The second-order valence-electron chi connectivity index (χ2n) is 4.02. The number of carbonyl (C=O) groups excluding carboxylic acids is 1. The molecule has 1 amide bonds. The fourth-order valence-electron chi connectivity index (χ4n) is 1.54. The molecular weight excluding hydrogens is 287 g/mol. The van der Waals surface area contributed by atoms with Crippen molar-refractivity contribution < 1.29 is 4.79 Å². The molecule has 1 heterocycles. The molecule has 0 atom stereocenters. The summed E-state index contributed by atoms with van der Waals surface area (Å²) >= 11 is 11.8. The third-order valence-corrected chi connectivity index (χ3v) is 3.29. The molecule has 0 saturated carbocycles. The maximum atomic E-state index is 11.9. The number of hydrogen-bond donors (Lipinski definition) is 2. The number of nitrogens with one attached hydrogen (secondary N) is 1. The van der Waals surface area contributed by atoms with Crippen molar-refractivity contribution in [3.05, 3.63) is 40.1 Å². The molecule has 2 rings (SSSR count). The number of aromatic nitrogens is 2. The predicted octanol–water partition coefficient (Wildman–Crippen LogP) is 2.72. The van der Waals surface area contributed by atoms with Gasteiger partial charge in [0.2, 0.25) is 5.91 Å². The second kappa shape index (κ2) is 5.50. The van der Waals surface area contributed by atoms with Gasteiger partial charge in [0.1, 0.15) is 6.54 Å². The summed E-state index contributed by atoms with van der Waals surface area (Å²) in [6.45, 7) is 1.86. The Morgan fingerprint density at radius 2 is 2.16 bits per heavy atom. The number of nitrogens with two attached hydrogens (primary N) is 1. The van der Waals surface area contributed by atoms with Crippen LogP contribution in [0.3, 0.4) is 0 Å². The molecule has 0 aliphatic heterocycles. The van der Waals surface area contributed by atoms with Crippen LogP contribution in [0, 0.1) is 6.92 Å². The van der Waals surface area contributed by atoms with Crippen LogP contribution >= 0.6 is 23.2 Å². The highest BCUT2D eigenvalue weighted by Gasteiger charge is 2.10. The van der Waals surface area contributed by atoms with E-state index in [-0.39, 0.29) is 12.5 Å². The zero-order valence-corrected chi connectivity index (χ0v) is 11.7. The number of nitrogen functional groups attached to an aromatic ring is 1. The Balaban J connectivity index is 2.07. The molecule has 1 aromatic carbocycles. The largest absolute Gasteiger partial charge is 0.399 e. The summed E-state index contributed by atoms with van der Waals surface area (Å²) in [5.74, 6) is -0.241. The molecular formula is C12H12Cl2N4O. The normalized spacial score (nSPS) is 10.5. The number of benzene rings is 1. The molecule has 100 valence electrons. The summed E-state index contributed by atoms with van der Waals surface area (Å²) in [5.41, 5.74) is 7.37. The summed E-state index contributed by atoms with van der Waals surface area (Å²) in [6.07, 6.45) is 1.50. The molecule has 0 saturated heterocycles. The molecule has 0 radical (unpaired) electrons. The zero-order chi connectivity index (χ0) is 14.0. The first-order chi connectivity index (χ1) is 8.97. The van der Waals surface area contributed by atoms with Crippen LogP contribution in [0.4, 0.5) is 11.4 Å². The van der Waals surface area contributed by atoms with Crippen molar-refractivity contribution in [2.24, 2.45) is 0 Å². The van der Waals surface area contributed by atoms with E-state index in [1.54, 1.807) is 25.1 Å². The summed E-state index contributed by atoms with van der Waals surface area (Å²) in [4.78, 5) is 11.9. The Morgan fingerprint density at radius 1 is 1.42 bits per heavy atom. The molecule has 0 bridgehead atoms. The average molecular weight is 299 g/mol. The molecule has 0 aliphatic carbocycles. The number of hydrogen-bond acceptors (Lipinski definition) is 3. The first-order valence-electron chi connectivity index (χ1n) is 5.50. The number of amides is 1. The van der Waals surface area contributed by atoms with E-state index in [0.717, 1.165) is 5.69 Å². The van der Waals surface area contributed by atoms with Gasteiger partial charge >= 0.3 is 0 Å². The SMILES string of the molecule is Cc1c(Cl)cnn1CC(=O)Nc1ccc(N)cc1Cl. The van der Waals surface area contributed by atoms with E-state index in [9.17, 15) is 4.79 Å². The quantitative estimate of drug-likeness (QED) is 0.856. The van der Waals surface area contributed by atoms with Crippen LogP contribution in [0.25, 0.3) is 0 Å². The molecule has 0 unspecified atom stereocenters. The Kier molecular flexibility index (Phi) is 3.97. The van der Waals surface area contributed by atoms with Crippen molar-refractivity contribution in [3.63, 3.8) is 0 Å². The lowest BCUT2D eigenvalue weighted by atomic mass is 10.3. The van der Waals surface area contributed by atoms with Crippen LogP contribution in [0.15, 0.2) is 24.4 Å². The highest BCUT2D eigenvalue weighted by molar-refractivity contribution is 6.34. The topological polar surface area (TPSA) is 72.9 Å². The maximum absolute atomic E-state index is 11.9. The molecule has 19 heavy (non-hydrogen) atoms. The van der Waals surface area contributed by atoms with E-state index < -0.39 is 0 Å². The van der Waals surface area contributed by atoms with Crippen LogP contribution < -0.4 is 11.1 Å². The average Bonchev–Trinajstić information content (AvgIpc) is 2.65. The lowest BCUT2D eigenvalue weighted by Crippen LogP contribution is -2.20. The molecule has 7 heteroatoms. The molecule has 0 fully saturated rings. The van der Waals surface area contributed by atoms with E-state index in [1.807, 2.05) is 0 Å². The molecule has 2 aromatic rings. The van der Waals surface area contributed by atoms with E-state index >= 15 is 0 Å². The fraction of sp³-hybridized carbons (Fsp3) is 0.167. The Hall–Kier alpha value is -1.72. The first kappa shape index (κ1) is 13.7. The van der Waals surface area contributed by atoms with Crippen molar-refractivity contribution in [2.75, 3.05) is 11.1 Å². The summed E-state index contributed by atoms with van der Waals surface area (Å²) in [5, 5.41) is 7.61. The second-order valence-corrected chi connectivity index (χ2v) is 4.84. The van der Waals surface area contributed by atoms with Gasteiger partial charge in [-0.2, -0.15) is 5.10 Å². The van der Waals surface area contributed by atoms with Crippen LogP contribution in [0.2, 0.25) is 10.0 Å². The van der Waals surface area contributed by atoms with Crippen molar-refractivity contribution >= 4 is 40.5 Å². The van der Waals surface area contributed by atoms with Crippen LogP contribution in [0.1, 0.15) is 5.69 Å². The van der Waals surface area contributed by atoms with Crippen LogP contribution in [-0.4, -0.2) is 15.7 Å². The number of rotatable bonds is 3. The summed E-state index contributed by atoms with van der Waals surface area (Å²) in [6, 6.07) is 4.89. The predicted molar refractivity (Wildman–Crippen MR) is 76.5 cm³/mol. The Bertz CT molecular complexity index is 624. The minimum Gasteiger partial charge on any atom is -0.399 e. The number of nitrogens with zero attached hydrogens (tertiary/aromatic N) is 2. The Labute approximate surface area is 120 Å². The standard InChI is InChI=1S/C12H12Cl2N4O/c1-7-10(14)5-16-18(7)6-12(19)17-11-3-2-8(15)4-9(11)13/h2-5H,6,15H2,1H3,(H,17,19). The van der Waals surface area contributed by atoms with Crippen molar-refractivity contribution in [3.8, 4) is 0 Å². The first-order valence-corrected chi connectivity index (χ1v) is 6.25. The van der Waals surface area contributed by atoms with Crippen molar-refractivity contribution in [1.82, 2.24) is 9.78 Å². The van der Waals surface area contributed by atoms with Gasteiger partial charge in [-0.3, -0.25) is 9.48 Å². The smallest absolute Gasteiger partial charge is 0.246 e. The van der Waals surface area contributed by atoms with Crippen LogP contribution in [-0.2, 0) is 11.3 Å². The van der Waals surface area contributed by atoms with Gasteiger partial charge in [0.05, 0.1) is 27.6 Å². The van der Waals surface area contributed by atoms with E-state index in [1.165, 1.54) is 10.9 Å². The third-order valence-electron chi connectivity index (χ3n) is 2.60. The van der Waals surface area contributed by atoms with Gasteiger partial charge in [-0.05, 0) is 25.1 Å². The molecule has 0 aliphatic rings. The van der Waals surface area contributed by atoms with Gasteiger partial charge in [0.25, 0.3) is 0 Å². The lowest BCUT2D eigenvalue weighted by Gasteiger charge is -2.08. The minimum absolute atomic E-state index is 0.0687. The zero-order valence-electron chi connectivity index (χ0n) is 10.2. The number of carbonyl (C=O) groups is 1. The van der Waals surface area contributed by atoms with Crippen LogP contribution in [0.5, 0.6) is 0 Å². The minimum atomic E-state index is -0.241. The fourth-order valence-corrected chi connectivity index (χ4v) is 1.92. The molecule has 0 spiro atoms. The molecule has 5 nitrogen and oxygen atoms in total. The van der Waals surface area contributed by atoms with E-state index in [2.05, 4.69) is 10.4 Å². The van der Waals surface area contributed by atoms with Gasteiger partial charge in [0, 0.05) is 5.69 Å². The summed E-state index contributed by atoms with van der Waals surface area (Å²) in [7, 11) is 0. The Morgan fingerprint density at radius 3 is 2.74 bits per heavy atom. The highest BCUT2D eigenvalue weighted by Crippen LogP contribution is 2.24. The number of anilines is 2. The monoisotopic (exact) mass is 298 g/mol.